The summed E-state index contributed by atoms with van der Waals surface area (Å²) in [6.45, 7) is 9.52. The molecule has 0 saturated carbocycles. The molecule has 6 heteroatoms. The van der Waals surface area contributed by atoms with Gasteiger partial charge in [-0.05, 0) is 59.3 Å². The van der Waals surface area contributed by atoms with E-state index < -0.39 is 5.97 Å². The molecule has 168 valence electrons. The van der Waals surface area contributed by atoms with Crippen molar-refractivity contribution in [1.82, 2.24) is 0 Å². The van der Waals surface area contributed by atoms with E-state index in [4.69, 9.17) is 0 Å². The Bertz CT molecular complexity index is 1080. The average molecular weight is 434 g/mol. The maximum Gasteiger partial charge on any atom is 0.339 e. The predicted octanol–water partition coefficient (Wildman–Crippen LogP) is 5.20. The van der Waals surface area contributed by atoms with Crippen LogP contribution in [-0.4, -0.2) is 42.1 Å². The van der Waals surface area contributed by atoms with Gasteiger partial charge in [-0.2, -0.15) is 0 Å². The number of benzene rings is 2. The van der Waals surface area contributed by atoms with Crippen LogP contribution in [0.4, 0.5) is 17.1 Å². The molecule has 3 N–H and O–H groups in total. The Morgan fingerprint density at radius 1 is 1.41 bits per heavy atom. The number of rotatable bonds is 8. The topological polar surface area (TPSA) is 85.2 Å². The van der Waals surface area contributed by atoms with Crippen LogP contribution in [0, 0.1) is 5.92 Å². The summed E-state index contributed by atoms with van der Waals surface area (Å²) in [6.07, 6.45) is 6.03. The molecular weight excluding hydrogens is 402 g/mol. The largest absolute Gasteiger partial charge is 0.478 e. The number of aliphatic imine (C=N–C) groups is 1. The normalized spacial score (nSPS) is 18.0. The third-order valence-electron chi connectivity index (χ3n) is 6.73. The van der Waals surface area contributed by atoms with E-state index in [0.29, 0.717) is 17.9 Å². The highest BCUT2D eigenvalue weighted by atomic mass is 16.4. The van der Waals surface area contributed by atoms with Crippen LogP contribution in [0.3, 0.4) is 0 Å². The lowest BCUT2D eigenvalue weighted by atomic mass is 9.85. The maximum atomic E-state index is 12.5. The maximum absolute atomic E-state index is 12.5. The molecule has 1 fully saturated rings. The Kier molecular flexibility index (Phi) is 6.33. The summed E-state index contributed by atoms with van der Waals surface area (Å²) in [4.78, 5) is 19.1. The third kappa shape index (κ3) is 3.91. The Labute approximate surface area is 189 Å². The van der Waals surface area contributed by atoms with Crippen molar-refractivity contribution in [1.29, 1.82) is 0 Å². The van der Waals surface area contributed by atoms with Crippen molar-refractivity contribution < 1.29 is 15.0 Å². The zero-order valence-corrected chi connectivity index (χ0v) is 18.8. The molecule has 0 bridgehead atoms. The van der Waals surface area contributed by atoms with Crippen molar-refractivity contribution >= 4 is 29.2 Å². The summed E-state index contributed by atoms with van der Waals surface area (Å²) in [5.74, 6) is -0.675. The Morgan fingerprint density at radius 2 is 2.22 bits per heavy atom. The van der Waals surface area contributed by atoms with E-state index in [1.807, 2.05) is 12.3 Å². The van der Waals surface area contributed by atoms with Gasteiger partial charge in [0.05, 0.1) is 17.1 Å². The number of aliphatic hydroxyl groups excluding tert-OH is 1. The zero-order chi connectivity index (χ0) is 22.8. The first-order chi connectivity index (χ1) is 15.5. The van der Waals surface area contributed by atoms with Crippen LogP contribution in [0.2, 0.25) is 0 Å². The number of carbonyl (C=O) groups is 1. The van der Waals surface area contributed by atoms with Crippen molar-refractivity contribution in [2.24, 2.45) is 10.9 Å². The van der Waals surface area contributed by atoms with Gasteiger partial charge in [-0.25, -0.2) is 4.79 Å². The van der Waals surface area contributed by atoms with Crippen molar-refractivity contribution in [3.63, 3.8) is 0 Å². The summed E-state index contributed by atoms with van der Waals surface area (Å²) < 4.78 is 0. The second-order valence-electron chi connectivity index (χ2n) is 8.71. The Balaban J connectivity index is 1.99. The van der Waals surface area contributed by atoms with Gasteiger partial charge in [-0.15, -0.1) is 0 Å². The van der Waals surface area contributed by atoms with Crippen molar-refractivity contribution in [2.75, 3.05) is 29.9 Å². The smallest absolute Gasteiger partial charge is 0.339 e. The molecule has 1 saturated heterocycles. The van der Waals surface area contributed by atoms with Gasteiger partial charge < -0.3 is 20.4 Å². The van der Waals surface area contributed by atoms with Crippen molar-refractivity contribution in [3.8, 4) is 11.1 Å². The zero-order valence-electron chi connectivity index (χ0n) is 18.8. The van der Waals surface area contributed by atoms with Crippen LogP contribution >= 0.6 is 0 Å². The molecule has 32 heavy (non-hydrogen) atoms. The second kappa shape index (κ2) is 9.17. The van der Waals surface area contributed by atoms with E-state index in [9.17, 15) is 15.0 Å². The molecule has 2 atom stereocenters. The van der Waals surface area contributed by atoms with Gasteiger partial charge in [0.25, 0.3) is 0 Å². The quantitative estimate of drug-likeness (QED) is 0.533. The number of nitrogens with zero attached hydrogens (tertiary/aromatic N) is 2. The summed E-state index contributed by atoms with van der Waals surface area (Å²) >= 11 is 0. The van der Waals surface area contributed by atoms with Crippen LogP contribution in [0.25, 0.3) is 11.1 Å². The van der Waals surface area contributed by atoms with Crippen LogP contribution < -0.4 is 10.2 Å². The van der Waals surface area contributed by atoms with Crippen molar-refractivity contribution in [2.45, 2.75) is 39.0 Å². The molecule has 4 rings (SSSR count). The van der Waals surface area contributed by atoms with Gasteiger partial charge in [-0.1, -0.05) is 32.6 Å². The SMILES string of the molecule is C=CNc1c(C(=O)O)c(N2CC[C@H](CO)C2)cc(-c2ccc3c(c2)N=CC3)c1C(C)CC. The van der Waals surface area contributed by atoms with Gasteiger partial charge >= 0.3 is 5.97 Å². The molecule has 1 unspecified atom stereocenters. The molecule has 0 aromatic heterocycles. The molecule has 2 aliphatic rings. The molecule has 0 radical (unpaired) electrons. The third-order valence-corrected chi connectivity index (χ3v) is 6.73. The molecule has 2 aromatic carbocycles. The number of aliphatic hydroxyl groups is 1. The minimum Gasteiger partial charge on any atom is -0.478 e. The lowest BCUT2D eigenvalue weighted by Crippen LogP contribution is -2.24. The molecule has 0 amide bonds. The fraction of sp³-hybridized carbons (Fsp3) is 0.385. The number of hydrogen-bond acceptors (Lipinski definition) is 5. The van der Waals surface area contributed by atoms with Gasteiger partial charge in [0.15, 0.2) is 0 Å². The molecule has 2 heterocycles. The fourth-order valence-electron chi connectivity index (χ4n) is 4.82. The molecule has 0 aliphatic carbocycles. The van der Waals surface area contributed by atoms with Crippen LogP contribution in [0.1, 0.15) is 54.1 Å². The lowest BCUT2D eigenvalue weighted by Gasteiger charge is -2.28. The first-order valence-electron chi connectivity index (χ1n) is 11.3. The first kappa shape index (κ1) is 22.1. The Morgan fingerprint density at radius 3 is 2.88 bits per heavy atom. The monoisotopic (exact) mass is 433 g/mol. The van der Waals surface area contributed by atoms with E-state index in [1.165, 1.54) is 5.56 Å². The predicted molar refractivity (Wildman–Crippen MR) is 131 cm³/mol. The summed E-state index contributed by atoms with van der Waals surface area (Å²) in [7, 11) is 0. The number of aromatic carboxylic acids is 1. The van der Waals surface area contributed by atoms with E-state index in [0.717, 1.165) is 48.2 Å². The summed E-state index contributed by atoms with van der Waals surface area (Å²) in [6, 6.07) is 8.35. The van der Waals surface area contributed by atoms with E-state index in [-0.39, 0.29) is 24.0 Å². The second-order valence-corrected chi connectivity index (χ2v) is 8.71. The summed E-state index contributed by atoms with van der Waals surface area (Å²) in [5, 5.41) is 23.1. The van der Waals surface area contributed by atoms with Gasteiger partial charge in [0, 0.05) is 38.2 Å². The van der Waals surface area contributed by atoms with E-state index in [2.05, 4.69) is 53.8 Å². The fourth-order valence-corrected chi connectivity index (χ4v) is 4.82. The first-order valence-corrected chi connectivity index (χ1v) is 11.3. The lowest BCUT2D eigenvalue weighted by molar-refractivity contribution is 0.0698. The van der Waals surface area contributed by atoms with E-state index in [1.54, 1.807) is 6.20 Å². The number of carboxylic acids is 1. The van der Waals surface area contributed by atoms with Crippen LogP contribution in [0.15, 0.2) is 42.0 Å². The highest BCUT2D eigenvalue weighted by molar-refractivity contribution is 6.04. The summed E-state index contributed by atoms with van der Waals surface area (Å²) in [5.41, 5.74) is 6.75. The van der Waals surface area contributed by atoms with Crippen LogP contribution in [0.5, 0.6) is 0 Å². The van der Waals surface area contributed by atoms with Crippen molar-refractivity contribution in [3.05, 3.63) is 53.7 Å². The van der Waals surface area contributed by atoms with Crippen LogP contribution in [-0.2, 0) is 6.42 Å². The molecule has 2 aromatic rings. The van der Waals surface area contributed by atoms with Gasteiger partial charge in [0.1, 0.15) is 5.56 Å². The molecule has 0 spiro atoms. The van der Waals surface area contributed by atoms with E-state index >= 15 is 0 Å². The average Bonchev–Trinajstić information content (AvgIpc) is 3.46. The number of carboxylic acid groups (broad SMARTS) is 1. The number of hydrogen-bond donors (Lipinski definition) is 3. The molecule has 6 nitrogen and oxygen atoms in total. The number of anilines is 2. The highest BCUT2D eigenvalue weighted by Gasteiger charge is 2.31. The number of fused-ring (bicyclic) bond motifs is 1. The Hall–Kier alpha value is -3.12. The standard InChI is InChI=1S/C26H31N3O3/c1-4-16(3)23-20(19-7-6-18-8-10-28-21(18)12-19)13-22(29-11-9-17(14-29)15-30)24(26(31)32)25(23)27-5-2/h5-7,10,12-13,16-17,27,30H,2,4,8-9,11,14-15H2,1,3H3,(H,31,32)/t16?,17-/m0/s1. The number of nitrogens with one attached hydrogen (secondary N) is 1. The highest BCUT2D eigenvalue weighted by Crippen LogP contribution is 2.45. The minimum absolute atomic E-state index is 0.108. The molecule has 2 aliphatic heterocycles. The van der Waals surface area contributed by atoms with Gasteiger partial charge in [0.2, 0.25) is 0 Å². The molecular formula is C26H31N3O3. The minimum atomic E-state index is -0.966. The van der Waals surface area contributed by atoms with Gasteiger partial charge in [-0.3, -0.25) is 4.99 Å².